The molecule has 0 aromatic heterocycles. The molecule has 1 N–H and O–H groups in total. The third-order valence-electron chi connectivity index (χ3n) is 4.71. The summed E-state index contributed by atoms with van der Waals surface area (Å²) >= 11 is 0. The van der Waals surface area contributed by atoms with Crippen LogP contribution in [0.1, 0.15) is 22.8 Å². The molecule has 1 fully saturated rings. The maximum absolute atomic E-state index is 13.5. The Morgan fingerprint density at radius 3 is 2.78 bits per heavy atom. The number of ether oxygens (including phenoxy) is 2. The highest BCUT2D eigenvalue weighted by Crippen LogP contribution is 2.24. The zero-order valence-electron chi connectivity index (χ0n) is 15.6. The lowest BCUT2D eigenvalue weighted by molar-refractivity contribution is -0.0461. The third-order valence-corrected chi connectivity index (χ3v) is 4.71. The van der Waals surface area contributed by atoms with Crippen molar-refractivity contribution in [3.8, 4) is 5.75 Å². The van der Waals surface area contributed by atoms with Crippen LogP contribution in [0, 0.1) is 25.5 Å². The Hall–Kier alpha value is -2.02. The molecule has 0 aliphatic carbocycles. The molecule has 0 spiro atoms. The fourth-order valence-electron chi connectivity index (χ4n) is 3.18. The summed E-state index contributed by atoms with van der Waals surface area (Å²) in [6, 6.07) is 9.78. The van der Waals surface area contributed by atoms with Crippen LogP contribution < -0.4 is 4.74 Å². The predicted molar refractivity (Wildman–Crippen MR) is 98.9 cm³/mol. The molecule has 0 saturated carbocycles. The Bertz CT molecular complexity index is 784. The number of hydrogen-bond acceptors (Lipinski definition) is 4. The van der Waals surface area contributed by atoms with Crippen molar-refractivity contribution >= 4 is 0 Å². The molecular weight excluding hydrogens is 352 g/mol. The first kappa shape index (κ1) is 19.7. The molecule has 4 nitrogen and oxygen atoms in total. The Labute approximate surface area is 158 Å². The van der Waals surface area contributed by atoms with Gasteiger partial charge in [0.2, 0.25) is 0 Å². The molecule has 2 unspecified atom stereocenters. The summed E-state index contributed by atoms with van der Waals surface area (Å²) in [6.07, 6.45) is -1.00. The van der Waals surface area contributed by atoms with Gasteiger partial charge in [-0.05, 0) is 48.7 Å². The summed E-state index contributed by atoms with van der Waals surface area (Å²) < 4.78 is 38.0. The van der Waals surface area contributed by atoms with Crippen molar-refractivity contribution in [2.45, 2.75) is 26.1 Å². The van der Waals surface area contributed by atoms with Gasteiger partial charge in [0.25, 0.3) is 0 Å². The molecule has 2 aromatic rings. The first-order valence-corrected chi connectivity index (χ1v) is 9.09. The average molecular weight is 377 g/mol. The SMILES string of the molecule is Cc1ccc(C)c(OCC(O)CN2CCOC(c3ccc(F)c(F)c3)C2)c1. The lowest BCUT2D eigenvalue weighted by Crippen LogP contribution is -2.43. The topological polar surface area (TPSA) is 41.9 Å². The van der Waals surface area contributed by atoms with E-state index in [-0.39, 0.29) is 12.7 Å². The Balaban J connectivity index is 1.53. The van der Waals surface area contributed by atoms with E-state index in [2.05, 4.69) is 0 Å². The number of aliphatic hydroxyl groups excluding tert-OH is 1. The van der Waals surface area contributed by atoms with Crippen LogP contribution in [0.25, 0.3) is 0 Å². The second-order valence-electron chi connectivity index (χ2n) is 7.03. The van der Waals surface area contributed by atoms with Gasteiger partial charge in [-0.2, -0.15) is 0 Å². The lowest BCUT2D eigenvalue weighted by Gasteiger charge is -2.34. The van der Waals surface area contributed by atoms with Crippen LogP contribution in [0.3, 0.4) is 0 Å². The van der Waals surface area contributed by atoms with Gasteiger partial charge in [-0.1, -0.05) is 18.2 Å². The van der Waals surface area contributed by atoms with Gasteiger partial charge in [0.1, 0.15) is 18.5 Å². The van der Waals surface area contributed by atoms with Crippen LogP contribution in [0.2, 0.25) is 0 Å². The molecule has 2 aromatic carbocycles. The molecule has 1 heterocycles. The van der Waals surface area contributed by atoms with E-state index >= 15 is 0 Å². The Kier molecular flexibility index (Phi) is 6.42. The summed E-state index contributed by atoms with van der Waals surface area (Å²) in [7, 11) is 0. The van der Waals surface area contributed by atoms with Crippen LogP contribution in [0.5, 0.6) is 5.75 Å². The Morgan fingerprint density at radius 2 is 2.00 bits per heavy atom. The largest absolute Gasteiger partial charge is 0.491 e. The highest BCUT2D eigenvalue weighted by molar-refractivity contribution is 5.36. The summed E-state index contributed by atoms with van der Waals surface area (Å²) in [5, 5.41) is 10.3. The van der Waals surface area contributed by atoms with Gasteiger partial charge in [-0.25, -0.2) is 8.78 Å². The number of morpholine rings is 1. The van der Waals surface area contributed by atoms with E-state index < -0.39 is 17.7 Å². The maximum atomic E-state index is 13.5. The molecule has 0 radical (unpaired) electrons. The van der Waals surface area contributed by atoms with Crippen molar-refractivity contribution in [1.29, 1.82) is 0 Å². The van der Waals surface area contributed by atoms with Crippen molar-refractivity contribution in [3.63, 3.8) is 0 Å². The van der Waals surface area contributed by atoms with Crippen LogP contribution in [0.4, 0.5) is 8.78 Å². The van der Waals surface area contributed by atoms with Crippen molar-refractivity contribution in [2.24, 2.45) is 0 Å². The summed E-state index contributed by atoms with van der Waals surface area (Å²) in [5.74, 6) is -0.976. The minimum atomic E-state index is -0.879. The van der Waals surface area contributed by atoms with Gasteiger partial charge in [-0.3, -0.25) is 4.90 Å². The monoisotopic (exact) mass is 377 g/mol. The van der Waals surface area contributed by atoms with Gasteiger partial charge in [0, 0.05) is 19.6 Å². The van der Waals surface area contributed by atoms with Gasteiger partial charge >= 0.3 is 0 Å². The number of β-amino-alcohol motifs (C(OH)–C–C–N with tert-alkyl or cyclic N) is 1. The van der Waals surface area contributed by atoms with Crippen molar-refractivity contribution in [1.82, 2.24) is 4.90 Å². The molecule has 6 heteroatoms. The average Bonchev–Trinajstić information content (AvgIpc) is 2.65. The predicted octanol–water partition coefficient (Wildman–Crippen LogP) is 3.39. The Morgan fingerprint density at radius 1 is 1.19 bits per heavy atom. The van der Waals surface area contributed by atoms with Crippen LogP contribution in [-0.4, -0.2) is 49.0 Å². The van der Waals surface area contributed by atoms with E-state index in [0.717, 1.165) is 22.9 Å². The van der Waals surface area contributed by atoms with Crippen molar-refractivity contribution < 1.29 is 23.4 Å². The summed E-state index contributed by atoms with van der Waals surface area (Å²) in [6.45, 7) is 6.22. The number of aliphatic hydroxyl groups is 1. The lowest BCUT2D eigenvalue weighted by atomic mass is 10.1. The van der Waals surface area contributed by atoms with Crippen LogP contribution >= 0.6 is 0 Å². The van der Waals surface area contributed by atoms with Crippen LogP contribution in [0.15, 0.2) is 36.4 Å². The fourth-order valence-corrected chi connectivity index (χ4v) is 3.18. The van der Waals surface area contributed by atoms with E-state index in [1.807, 2.05) is 36.9 Å². The molecule has 1 aliphatic heterocycles. The molecule has 146 valence electrons. The molecular formula is C21H25F2NO3. The first-order chi connectivity index (χ1) is 12.9. The molecule has 1 aliphatic rings. The second kappa shape index (κ2) is 8.78. The van der Waals surface area contributed by atoms with Gasteiger partial charge in [-0.15, -0.1) is 0 Å². The van der Waals surface area contributed by atoms with Gasteiger partial charge in [0.15, 0.2) is 11.6 Å². The number of aryl methyl sites for hydroxylation is 2. The second-order valence-corrected chi connectivity index (χ2v) is 7.03. The normalized spacial score (nSPS) is 19.1. The van der Waals surface area contributed by atoms with E-state index in [0.29, 0.717) is 31.8 Å². The van der Waals surface area contributed by atoms with Crippen molar-refractivity contribution in [2.75, 3.05) is 32.8 Å². The minimum Gasteiger partial charge on any atom is -0.491 e. The van der Waals surface area contributed by atoms with Crippen LogP contribution in [-0.2, 0) is 4.74 Å². The number of rotatable bonds is 6. The highest BCUT2D eigenvalue weighted by atomic mass is 19.2. The molecule has 0 bridgehead atoms. The number of hydrogen-bond donors (Lipinski definition) is 1. The zero-order chi connectivity index (χ0) is 19.4. The first-order valence-electron chi connectivity index (χ1n) is 9.09. The van der Waals surface area contributed by atoms with Crippen molar-refractivity contribution in [3.05, 3.63) is 64.7 Å². The smallest absolute Gasteiger partial charge is 0.159 e. The van der Waals surface area contributed by atoms with Gasteiger partial charge in [0.05, 0.1) is 12.7 Å². The third kappa shape index (κ3) is 5.25. The molecule has 1 saturated heterocycles. The zero-order valence-corrected chi connectivity index (χ0v) is 15.6. The van der Waals surface area contributed by atoms with E-state index in [1.165, 1.54) is 12.1 Å². The summed E-state index contributed by atoms with van der Waals surface area (Å²) in [4.78, 5) is 2.05. The van der Waals surface area contributed by atoms with E-state index in [9.17, 15) is 13.9 Å². The molecule has 27 heavy (non-hydrogen) atoms. The minimum absolute atomic E-state index is 0.192. The standard InChI is InChI=1S/C21H25F2NO3/c1-14-3-4-15(2)20(9-14)27-13-17(25)11-24-7-8-26-21(12-24)16-5-6-18(22)19(23)10-16/h3-6,9-10,17,21,25H,7-8,11-13H2,1-2H3. The molecule has 0 amide bonds. The van der Waals surface area contributed by atoms with E-state index in [1.54, 1.807) is 0 Å². The molecule has 2 atom stereocenters. The fraction of sp³-hybridized carbons (Fsp3) is 0.429. The molecule has 3 rings (SSSR count). The maximum Gasteiger partial charge on any atom is 0.159 e. The number of benzene rings is 2. The number of nitrogens with zero attached hydrogens (tertiary/aromatic N) is 1. The quantitative estimate of drug-likeness (QED) is 0.838. The highest BCUT2D eigenvalue weighted by Gasteiger charge is 2.24. The number of halogens is 2. The summed E-state index contributed by atoms with van der Waals surface area (Å²) in [5.41, 5.74) is 2.73. The van der Waals surface area contributed by atoms with E-state index in [4.69, 9.17) is 9.47 Å². The van der Waals surface area contributed by atoms with Gasteiger partial charge < -0.3 is 14.6 Å².